The molecule has 2 fully saturated rings. The van der Waals surface area contributed by atoms with Crippen LogP contribution in [0, 0.1) is 11.3 Å². The first-order chi connectivity index (χ1) is 7.74. The third kappa shape index (κ3) is 1.75. The van der Waals surface area contributed by atoms with Crippen molar-refractivity contribution in [1.29, 1.82) is 0 Å². The molecular weight excluding hydrogens is 200 g/mol. The molecule has 1 aliphatic carbocycles. The van der Waals surface area contributed by atoms with Crippen LogP contribution in [0.25, 0.3) is 0 Å². The summed E-state index contributed by atoms with van der Waals surface area (Å²) in [5.74, 6) is 1.00. The molecule has 1 aliphatic heterocycles. The highest BCUT2D eigenvalue weighted by atomic mass is 16.2. The minimum absolute atomic E-state index is 0.0513. The summed E-state index contributed by atoms with van der Waals surface area (Å²) in [6, 6.07) is 0. The van der Waals surface area contributed by atoms with Crippen LogP contribution in [0.15, 0.2) is 0 Å². The van der Waals surface area contributed by atoms with Crippen LogP contribution < -0.4 is 5.32 Å². The molecule has 0 aromatic carbocycles. The third-order valence-corrected chi connectivity index (χ3v) is 4.51. The molecule has 1 saturated carbocycles. The van der Waals surface area contributed by atoms with Crippen LogP contribution in [0.3, 0.4) is 0 Å². The first kappa shape index (κ1) is 11.9. The molecule has 1 amide bonds. The molecule has 16 heavy (non-hydrogen) atoms. The van der Waals surface area contributed by atoms with E-state index in [1.165, 1.54) is 19.3 Å². The Morgan fingerprint density at radius 1 is 1.38 bits per heavy atom. The first-order valence-electron chi connectivity index (χ1n) is 6.74. The third-order valence-electron chi connectivity index (χ3n) is 4.51. The smallest absolute Gasteiger partial charge is 0.230 e. The molecule has 1 heterocycles. The van der Waals surface area contributed by atoms with Gasteiger partial charge >= 0.3 is 0 Å². The van der Waals surface area contributed by atoms with Crippen molar-refractivity contribution in [2.24, 2.45) is 11.3 Å². The van der Waals surface area contributed by atoms with Gasteiger partial charge in [0, 0.05) is 19.6 Å². The summed E-state index contributed by atoms with van der Waals surface area (Å²) >= 11 is 0. The highest BCUT2D eigenvalue weighted by Gasteiger charge is 2.50. The van der Waals surface area contributed by atoms with Gasteiger partial charge in [-0.2, -0.15) is 0 Å². The van der Waals surface area contributed by atoms with Crippen molar-refractivity contribution in [3.05, 3.63) is 0 Å². The Balaban J connectivity index is 2.18. The summed E-state index contributed by atoms with van der Waals surface area (Å²) in [5, 5.41) is 3.44. The fourth-order valence-corrected chi connectivity index (χ4v) is 3.49. The maximum atomic E-state index is 12.6. The fourth-order valence-electron chi connectivity index (χ4n) is 3.49. The zero-order valence-corrected chi connectivity index (χ0v) is 10.6. The molecule has 1 N–H and O–H groups in total. The topological polar surface area (TPSA) is 32.3 Å². The van der Waals surface area contributed by atoms with Crippen LogP contribution in [0.5, 0.6) is 0 Å². The van der Waals surface area contributed by atoms with E-state index in [0.717, 1.165) is 32.6 Å². The van der Waals surface area contributed by atoms with Gasteiger partial charge in [-0.3, -0.25) is 4.79 Å². The summed E-state index contributed by atoms with van der Waals surface area (Å²) < 4.78 is 0. The van der Waals surface area contributed by atoms with Crippen molar-refractivity contribution in [3.8, 4) is 0 Å². The van der Waals surface area contributed by atoms with Gasteiger partial charge in [0.15, 0.2) is 0 Å². The second-order valence-electron chi connectivity index (χ2n) is 5.21. The van der Waals surface area contributed by atoms with E-state index in [1.54, 1.807) is 0 Å². The molecule has 3 nitrogen and oxygen atoms in total. The zero-order valence-electron chi connectivity index (χ0n) is 10.6. The lowest BCUT2D eigenvalue weighted by molar-refractivity contribution is -0.145. The number of carbonyl (C=O) groups is 1. The molecule has 3 heteroatoms. The Morgan fingerprint density at radius 3 is 2.81 bits per heavy atom. The van der Waals surface area contributed by atoms with Crippen LogP contribution in [-0.2, 0) is 4.79 Å². The van der Waals surface area contributed by atoms with E-state index in [4.69, 9.17) is 0 Å². The summed E-state index contributed by atoms with van der Waals surface area (Å²) in [7, 11) is 0. The maximum absolute atomic E-state index is 12.6. The zero-order chi connectivity index (χ0) is 11.6. The number of rotatable bonds is 3. The normalized spacial score (nSPS) is 33.5. The van der Waals surface area contributed by atoms with Crippen LogP contribution in [0.4, 0.5) is 0 Å². The molecule has 0 radical (unpaired) electrons. The van der Waals surface area contributed by atoms with Crippen molar-refractivity contribution in [3.63, 3.8) is 0 Å². The Hall–Kier alpha value is -0.570. The van der Waals surface area contributed by atoms with Gasteiger partial charge in [-0.25, -0.2) is 0 Å². The molecule has 1 saturated heterocycles. The van der Waals surface area contributed by atoms with Crippen LogP contribution in [-0.4, -0.2) is 37.0 Å². The Labute approximate surface area is 98.6 Å². The van der Waals surface area contributed by atoms with Crippen molar-refractivity contribution >= 4 is 5.91 Å². The Bertz CT molecular complexity index is 263. The average molecular weight is 224 g/mol. The number of amides is 1. The van der Waals surface area contributed by atoms with Crippen LogP contribution in [0.2, 0.25) is 0 Å². The quantitative estimate of drug-likeness (QED) is 0.790. The highest BCUT2D eigenvalue weighted by Crippen LogP contribution is 2.44. The van der Waals surface area contributed by atoms with Gasteiger partial charge < -0.3 is 10.2 Å². The number of hydrogen-bond donors (Lipinski definition) is 1. The summed E-state index contributed by atoms with van der Waals surface area (Å²) in [6.07, 6.45) is 4.87. The maximum Gasteiger partial charge on any atom is 0.230 e. The number of nitrogens with one attached hydrogen (secondary N) is 1. The van der Waals surface area contributed by atoms with Gasteiger partial charge in [0.2, 0.25) is 5.91 Å². The molecule has 0 aromatic heterocycles. The van der Waals surface area contributed by atoms with E-state index in [2.05, 4.69) is 19.2 Å². The second-order valence-corrected chi connectivity index (χ2v) is 5.21. The summed E-state index contributed by atoms with van der Waals surface area (Å²) in [4.78, 5) is 14.7. The number of fused-ring (bicyclic) bond motifs is 1. The molecule has 0 aromatic rings. The molecule has 2 atom stereocenters. The van der Waals surface area contributed by atoms with Crippen molar-refractivity contribution in [2.45, 2.75) is 39.5 Å². The van der Waals surface area contributed by atoms with Gasteiger partial charge in [0.05, 0.1) is 5.41 Å². The van der Waals surface area contributed by atoms with Crippen molar-refractivity contribution < 1.29 is 4.79 Å². The number of carbonyl (C=O) groups excluding carboxylic acids is 1. The van der Waals surface area contributed by atoms with E-state index in [0.29, 0.717) is 11.8 Å². The van der Waals surface area contributed by atoms with Gasteiger partial charge in [0.1, 0.15) is 0 Å². The molecule has 2 aliphatic rings. The molecule has 0 bridgehead atoms. The minimum Gasteiger partial charge on any atom is -0.343 e. The largest absolute Gasteiger partial charge is 0.343 e. The molecule has 2 rings (SSSR count). The van der Waals surface area contributed by atoms with Gasteiger partial charge in [0.25, 0.3) is 0 Å². The predicted molar refractivity (Wildman–Crippen MR) is 65.2 cm³/mol. The lowest BCUT2D eigenvalue weighted by Crippen LogP contribution is -2.49. The van der Waals surface area contributed by atoms with Crippen LogP contribution >= 0.6 is 0 Å². The lowest BCUT2D eigenvalue weighted by Gasteiger charge is -2.40. The molecule has 0 unspecified atom stereocenters. The van der Waals surface area contributed by atoms with Crippen molar-refractivity contribution in [1.82, 2.24) is 10.2 Å². The van der Waals surface area contributed by atoms with E-state index in [-0.39, 0.29) is 5.41 Å². The monoisotopic (exact) mass is 224 g/mol. The average Bonchev–Trinajstić information content (AvgIpc) is 2.75. The van der Waals surface area contributed by atoms with Gasteiger partial charge in [-0.1, -0.05) is 12.8 Å². The van der Waals surface area contributed by atoms with E-state index < -0.39 is 0 Å². The van der Waals surface area contributed by atoms with E-state index >= 15 is 0 Å². The van der Waals surface area contributed by atoms with E-state index in [9.17, 15) is 4.79 Å². The molecule has 0 spiro atoms. The summed E-state index contributed by atoms with van der Waals surface area (Å²) in [6.45, 7) is 7.82. The van der Waals surface area contributed by atoms with Gasteiger partial charge in [-0.05, 0) is 39.2 Å². The predicted octanol–water partition coefficient (Wildman–Crippen LogP) is 1.63. The highest BCUT2D eigenvalue weighted by molar-refractivity contribution is 5.84. The SMILES string of the molecule is CCN(CC)C(=O)[C@@]12CCCC[C@H]1CNC2. The molecular formula is C13H24N2O. The van der Waals surface area contributed by atoms with E-state index in [1.807, 2.05) is 4.90 Å². The number of hydrogen-bond acceptors (Lipinski definition) is 2. The first-order valence-corrected chi connectivity index (χ1v) is 6.74. The molecule has 92 valence electrons. The number of nitrogens with zero attached hydrogens (tertiary/aromatic N) is 1. The van der Waals surface area contributed by atoms with Crippen molar-refractivity contribution in [2.75, 3.05) is 26.2 Å². The Kier molecular flexibility index (Phi) is 3.53. The van der Waals surface area contributed by atoms with Crippen LogP contribution in [0.1, 0.15) is 39.5 Å². The Morgan fingerprint density at radius 2 is 2.12 bits per heavy atom. The minimum atomic E-state index is -0.0513. The standard InChI is InChI=1S/C13H24N2O/c1-3-15(4-2)12(16)13-8-6-5-7-11(13)9-14-10-13/h11,14H,3-10H2,1-2H3/t11-,13+/m0/s1. The van der Waals surface area contributed by atoms with Gasteiger partial charge in [-0.15, -0.1) is 0 Å². The summed E-state index contributed by atoms with van der Waals surface area (Å²) in [5.41, 5.74) is -0.0513. The second kappa shape index (κ2) is 4.74. The lowest BCUT2D eigenvalue weighted by atomic mass is 9.67. The fraction of sp³-hybridized carbons (Fsp3) is 0.923.